The average molecular weight is 241 g/mol. The highest BCUT2D eigenvalue weighted by Crippen LogP contribution is 2.17. The number of amides is 1. The molecule has 1 amide bonds. The van der Waals surface area contributed by atoms with Crippen LogP contribution < -0.4 is 0 Å². The molecule has 0 spiro atoms. The molecule has 0 saturated heterocycles. The van der Waals surface area contributed by atoms with E-state index in [1.165, 1.54) is 0 Å². The normalized spacial score (nSPS) is 16.4. The van der Waals surface area contributed by atoms with Gasteiger partial charge in [0, 0.05) is 13.1 Å². The lowest BCUT2D eigenvalue weighted by atomic mass is 10.1. The van der Waals surface area contributed by atoms with Crippen LogP contribution in [0.4, 0.5) is 4.79 Å². The summed E-state index contributed by atoms with van der Waals surface area (Å²) >= 11 is 0. The molecule has 96 valence electrons. The molecule has 0 bridgehead atoms. The fourth-order valence-corrected chi connectivity index (χ4v) is 1.56. The zero-order valence-corrected chi connectivity index (χ0v) is 10.5. The summed E-state index contributed by atoms with van der Waals surface area (Å²) in [6.45, 7) is 6.41. The molecule has 0 fully saturated rings. The predicted octanol–water partition coefficient (Wildman–Crippen LogP) is 2.03. The maximum atomic E-state index is 11.7. The minimum atomic E-state index is -0.832. The standard InChI is InChI=1S/C12H19NO4/c1-12(2,3)17-11(16)13-6-4-9(5-7-13)8-10(14)15/h4H,5-8H2,1-3H3,(H,14,15). The molecule has 0 aromatic heterocycles. The van der Waals surface area contributed by atoms with Gasteiger partial charge in [-0.2, -0.15) is 0 Å². The van der Waals surface area contributed by atoms with Crippen LogP contribution in [-0.4, -0.2) is 40.8 Å². The number of aliphatic carboxylic acids is 1. The lowest BCUT2D eigenvalue weighted by Crippen LogP contribution is -2.39. The van der Waals surface area contributed by atoms with E-state index in [0.29, 0.717) is 19.5 Å². The number of carbonyl (C=O) groups excluding carboxylic acids is 1. The molecule has 1 heterocycles. The SMILES string of the molecule is CC(C)(C)OC(=O)N1CC=C(CC(=O)O)CC1. The van der Waals surface area contributed by atoms with E-state index >= 15 is 0 Å². The van der Waals surface area contributed by atoms with Crippen LogP contribution >= 0.6 is 0 Å². The molecule has 5 nitrogen and oxygen atoms in total. The minimum absolute atomic E-state index is 0.0577. The molecule has 1 aliphatic rings. The summed E-state index contributed by atoms with van der Waals surface area (Å²) in [6.07, 6.45) is 2.11. The molecule has 0 aromatic rings. The van der Waals surface area contributed by atoms with Gasteiger partial charge >= 0.3 is 12.1 Å². The molecule has 0 aliphatic carbocycles. The van der Waals surface area contributed by atoms with Gasteiger partial charge in [0.1, 0.15) is 5.60 Å². The van der Waals surface area contributed by atoms with E-state index in [9.17, 15) is 9.59 Å². The van der Waals surface area contributed by atoms with Gasteiger partial charge in [-0.25, -0.2) is 4.79 Å². The van der Waals surface area contributed by atoms with Gasteiger partial charge in [-0.15, -0.1) is 0 Å². The van der Waals surface area contributed by atoms with Crippen molar-refractivity contribution in [1.29, 1.82) is 0 Å². The van der Waals surface area contributed by atoms with E-state index < -0.39 is 11.6 Å². The number of rotatable bonds is 2. The molecule has 0 atom stereocenters. The third kappa shape index (κ3) is 4.89. The van der Waals surface area contributed by atoms with Gasteiger partial charge in [0.25, 0.3) is 0 Å². The van der Waals surface area contributed by atoms with Gasteiger partial charge in [0.2, 0.25) is 0 Å². The fourth-order valence-electron chi connectivity index (χ4n) is 1.56. The van der Waals surface area contributed by atoms with Gasteiger partial charge in [0.15, 0.2) is 0 Å². The Morgan fingerprint density at radius 1 is 1.47 bits per heavy atom. The van der Waals surface area contributed by atoms with Gasteiger partial charge < -0.3 is 14.7 Å². The van der Waals surface area contributed by atoms with Crippen molar-refractivity contribution in [3.05, 3.63) is 11.6 Å². The van der Waals surface area contributed by atoms with Crippen LogP contribution in [0, 0.1) is 0 Å². The van der Waals surface area contributed by atoms with Gasteiger partial charge in [-0.1, -0.05) is 11.6 Å². The molecule has 5 heteroatoms. The highest BCUT2D eigenvalue weighted by molar-refractivity contribution is 5.71. The summed E-state index contributed by atoms with van der Waals surface area (Å²) in [7, 11) is 0. The number of hydrogen-bond donors (Lipinski definition) is 1. The number of carbonyl (C=O) groups is 2. The average Bonchev–Trinajstić information content (AvgIpc) is 2.15. The van der Waals surface area contributed by atoms with Crippen LogP contribution in [0.3, 0.4) is 0 Å². The number of carboxylic acids is 1. The molecule has 1 rings (SSSR count). The lowest BCUT2D eigenvalue weighted by molar-refractivity contribution is -0.136. The fraction of sp³-hybridized carbons (Fsp3) is 0.667. The maximum absolute atomic E-state index is 11.7. The topological polar surface area (TPSA) is 66.8 Å². The Balaban J connectivity index is 2.48. The Bertz CT molecular complexity index is 341. The summed E-state index contributed by atoms with van der Waals surface area (Å²) in [5.74, 6) is -0.832. The van der Waals surface area contributed by atoms with Gasteiger partial charge in [-0.05, 0) is 27.2 Å². The van der Waals surface area contributed by atoms with Crippen molar-refractivity contribution in [3.63, 3.8) is 0 Å². The van der Waals surface area contributed by atoms with Crippen molar-refractivity contribution in [2.75, 3.05) is 13.1 Å². The van der Waals surface area contributed by atoms with E-state index in [1.807, 2.05) is 20.8 Å². The Morgan fingerprint density at radius 3 is 2.53 bits per heavy atom. The summed E-state index contributed by atoms with van der Waals surface area (Å²) in [5, 5.41) is 8.65. The molecule has 1 N–H and O–H groups in total. The second-order valence-electron chi connectivity index (χ2n) is 5.11. The molecule has 0 unspecified atom stereocenters. The second kappa shape index (κ2) is 5.21. The number of hydrogen-bond acceptors (Lipinski definition) is 3. The first-order chi connectivity index (χ1) is 7.78. The van der Waals surface area contributed by atoms with Crippen molar-refractivity contribution in [2.45, 2.75) is 39.2 Å². The number of carboxylic acid groups (broad SMARTS) is 1. The Kier molecular flexibility index (Phi) is 4.15. The van der Waals surface area contributed by atoms with Crippen molar-refractivity contribution >= 4 is 12.1 Å². The van der Waals surface area contributed by atoms with Crippen molar-refractivity contribution in [3.8, 4) is 0 Å². The zero-order chi connectivity index (χ0) is 13.1. The molecule has 1 aliphatic heterocycles. The molecular formula is C12H19NO4. The summed E-state index contributed by atoms with van der Waals surface area (Å²) in [6, 6.07) is 0. The first kappa shape index (κ1) is 13.5. The molecule has 17 heavy (non-hydrogen) atoms. The first-order valence-electron chi connectivity index (χ1n) is 5.65. The Hall–Kier alpha value is -1.52. The van der Waals surface area contributed by atoms with E-state index in [0.717, 1.165) is 5.57 Å². The summed E-state index contributed by atoms with van der Waals surface area (Å²) < 4.78 is 5.23. The highest BCUT2D eigenvalue weighted by atomic mass is 16.6. The van der Waals surface area contributed by atoms with Crippen LogP contribution in [-0.2, 0) is 9.53 Å². The van der Waals surface area contributed by atoms with E-state index in [4.69, 9.17) is 9.84 Å². The lowest BCUT2D eigenvalue weighted by Gasteiger charge is -2.29. The van der Waals surface area contributed by atoms with Crippen molar-refractivity contribution in [2.24, 2.45) is 0 Å². The van der Waals surface area contributed by atoms with Gasteiger partial charge in [-0.3, -0.25) is 4.79 Å². The summed E-state index contributed by atoms with van der Waals surface area (Å²) in [5.41, 5.74) is 0.375. The van der Waals surface area contributed by atoms with Gasteiger partial charge in [0.05, 0.1) is 6.42 Å². The molecule has 0 radical (unpaired) electrons. The monoisotopic (exact) mass is 241 g/mol. The van der Waals surface area contributed by atoms with E-state index in [-0.39, 0.29) is 12.5 Å². The first-order valence-corrected chi connectivity index (χ1v) is 5.65. The zero-order valence-electron chi connectivity index (χ0n) is 10.5. The van der Waals surface area contributed by atoms with Crippen LogP contribution in [0.1, 0.15) is 33.6 Å². The number of ether oxygens (including phenoxy) is 1. The van der Waals surface area contributed by atoms with Crippen LogP contribution in [0.25, 0.3) is 0 Å². The highest BCUT2D eigenvalue weighted by Gasteiger charge is 2.23. The predicted molar refractivity (Wildman–Crippen MR) is 62.8 cm³/mol. The largest absolute Gasteiger partial charge is 0.481 e. The second-order valence-corrected chi connectivity index (χ2v) is 5.11. The van der Waals surface area contributed by atoms with Crippen LogP contribution in [0.15, 0.2) is 11.6 Å². The molecule has 0 aromatic carbocycles. The summed E-state index contributed by atoms with van der Waals surface area (Å²) in [4.78, 5) is 23.8. The Morgan fingerprint density at radius 2 is 2.12 bits per heavy atom. The van der Waals surface area contributed by atoms with E-state index in [2.05, 4.69) is 0 Å². The molecular weight excluding hydrogens is 222 g/mol. The maximum Gasteiger partial charge on any atom is 0.410 e. The molecule has 0 saturated carbocycles. The van der Waals surface area contributed by atoms with E-state index in [1.54, 1.807) is 11.0 Å². The minimum Gasteiger partial charge on any atom is -0.481 e. The smallest absolute Gasteiger partial charge is 0.410 e. The quantitative estimate of drug-likeness (QED) is 0.751. The van der Waals surface area contributed by atoms with Crippen molar-refractivity contribution in [1.82, 2.24) is 4.90 Å². The van der Waals surface area contributed by atoms with Crippen molar-refractivity contribution < 1.29 is 19.4 Å². The van der Waals surface area contributed by atoms with Crippen LogP contribution in [0.5, 0.6) is 0 Å². The third-order valence-corrected chi connectivity index (χ3v) is 2.33. The third-order valence-electron chi connectivity index (χ3n) is 2.33. The number of nitrogens with zero attached hydrogens (tertiary/aromatic N) is 1. The Labute approximate surface area is 101 Å². The van der Waals surface area contributed by atoms with Crippen LogP contribution in [0.2, 0.25) is 0 Å².